The third kappa shape index (κ3) is 6.49. The summed E-state index contributed by atoms with van der Waals surface area (Å²) in [6.07, 6.45) is 1.57. The van der Waals surface area contributed by atoms with E-state index < -0.39 is 17.6 Å². The van der Waals surface area contributed by atoms with Crippen LogP contribution >= 0.6 is 15.9 Å². The number of benzene rings is 1. The lowest BCUT2D eigenvalue weighted by Gasteiger charge is -2.09. The Morgan fingerprint density at radius 3 is 2.41 bits per heavy atom. The van der Waals surface area contributed by atoms with Gasteiger partial charge in [0.1, 0.15) is 17.5 Å². The molecule has 0 saturated carbocycles. The van der Waals surface area contributed by atoms with E-state index in [0.717, 1.165) is 17.5 Å². The summed E-state index contributed by atoms with van der Waals surface area (Å²) in [5, 5.41) is 10.4. The van der Waals surface area contributed by atoms with Gasteiger partial charge in [-0.25, -0.2) is 13.8 Å². The van der Waals surface area contributed by atoms with Crippen LogP contribution in [-0.4, -0.2) is 16.1 Å². The minimum atomic E-state index is -0.833. The lowest BCUT2D eigenvalue weighted by molar-refractivity contribution is -0.134. The van der Waals surface area contributed by atoms with Crippen LogP contribution in [0.25, 0.3) is 0 Å². The molecule has 0 radical (unpaired) electrons. The lowest BCUT2D eigenvalue weighted by atomic mass is 10.2. The Hall–Kier alpha value is -2.22. The second kappa shape index (κ2) is 8.28. The molecule has 0 unspecified atom stereocenters. The van der Waals surface area contributed by atoms with Gasteiger partial charge in [0, 0.05) is 30.2 Å². The smallest absolute Gasteiger partial charge is 0.300 e. The van der Waals surface area contributed by atoms with Crippen LogP contribution < -0.4 is 11.1 Å². The first-order chi connectivity index (χ1) is 10.3. The lowest BCUT2D eigenvalue weighted by Crippen LogP contribution is -2.04. The van der Waals surface area contributed by atoms with Crippen molar-refractivity contribution in [3.63, 3.8) is 0 Å². The van der Waals surface area contributed by atoms with Gasteiger partial charge in [0.05, 0.1) is 5.69 Å². The number of anilines is 2. The summed E-state index contributed by atoms with van der Waals surface area (Å²) < 4.78 is 26.7. The molecule has 4 N–H and O–H groups in total. The summed E-state index contributed by atoms with van der Waals surface area (Å²) in [6.45, 7) is 1.34. The van der Waals surface area contributed by atoms with E-state index in [-0.39, 0.29) is 6.54 Å². The summed E-state index contributed by atoms with van der Waals surface area (Å²) in [5.41, 5.74) is 6.77. The highest BCUT2D eigenvalue weighted by Crippen LogP contribution is 2.21. The molecule has 0 atom stereocenters. The zero-order valence-electron chi connectivity index (χ0n) is 11.6. The Balaban J connectivity index is 0.000000541. The van der Waals surface area contributed by atoms with E-state index in [1.54, 1.807) is 12.3 Å². The Morgan fingerprint density at radius 1 is 1.32 bits per heavy atom. The Morgan fingerprint density at radius 2 is 1.86 bits per heavy atom. The van der Waals surface area contributed by atoms with Crippen molar-refractivity contribution in [2.75, 3.05) is 11.1 Å². The predicted octanol–water partition coefficient (Wildman–Crippen LogP) is 3.41. The van der Waals surface area contributed by atoms with Gasteiger partial charge in [-0.2, -0.15) is 0 Å². The molecule has 0 spiro atoms. The van der Waals surface area contributed by atoms with E-state index in [9.17, 15) is 8.78 Å². The first kappa shape index (κ1) is 17.8. The normalized spacial score (nSPS) is 9.64. The average molecular weight is 374 g/mol. The molecule has 0 aliphatic heterocycles. The second-order valence-corrected chi connectivity index (χ2v) is 5.15. The van der Waals surface area contributed by atoms with E-state index in [4.69, 9.17) is 15.6 Å². The molecule has 8 heteroatoms. The van der Waals surface area contributed by atoms with Crippen molar-refractivity contribution < 1.29 is 18.7 Å². The maximum absolute atomic E-state index is 13.0. The fourth-order valence-corrected chi connectivity index (χ4v) is 1.83. The molecule has 1 aromatic carbocycles. The highest BCUT2D eigenvalue weighted by atomic mass is 79.9. The van der Waals surface area contributed by atoms with Crippen LogP contribution in [0.4, 0.5) is 20.3 Å². The molecule has 1 aromatic heterocycles. The molecule has 0 aliphatic carbocycles. The number of carboxylic acid groups (broad SMARTS) is 1. The molecular weight excluding hydrogens is 360 g/mol. The van der Waals surface area contributed by atoms with Crippen molar-refractivity contribution in [1.82, 2.24) is 4.98 Å². The largest absolute Gasteiger partial charge is 0.481 e. The van der Waals surface area contributed by atoms with E-state index >= 15 is 0 Å². The second-order valence-electron chi connectivity index (χ2n) is 4.24. The highest BCUT2D eigenvalue weighted by Gasteiger charge is 2.03. The SMILES string of the molecule is CC(=O)O.Nc1ncc(Br)cc1NCc1cc(F)cc(F)c1. The number of halogens is 3. The number of carboxylic acids is 1. The average Bonchev–Trinajstić information content (AvgIpc) is 2.38. The van der Waals surface area contributed by atoms with Crippen LogP contribution in [0.15, 0.2) is 34.9 Å². The van der Waals surface area contributed by atoms with E-state index in [0.29, 0.717) is 17.1 Å². The van der Waals surface area contributed by atoms with Crippen molar-refractivity contribution >= 4 is 33.4 Å². The minimum Gasteiger partial charge on any atom is -0.481 e. The van der Waals surface area contributed by atoms with Gasteiger partial charge in [0.25, 0.3) is 5.97 Å². The molecule has 2 aromatic rings. The Kier molecular flexibility index (Phi) is 6.71. The number of aromatic nitrogens is 1. The standard InChI is InChI=1S/C12H10BrF2N3.C2H4O2/c13-8-3-11(12(16)18-6-8)17-5-7-1-9(14)4-10(15)2-7;1-2(3)4/h1-4,6,17H,5H2,(H2,16,18);1H3,(H,3,4). The van der Waals surface area contributed by atoms with E-state index in [1.807, 2.05) is 0 Å². The number of hydrogen-bond donors (Lipinski definition) is 3. The quantitative estimate of drug-likeness (QED) is 0.767. The third-order valence-corrected chi connectivity index (χ3v) is 2.72. The molecule has 22 heavy (non-hydrogen) atoms. The van der Waals surface area contributed by atoms with Gasteiger partial charge in [-0.3, -0.25) is 4.79 Å². The van der Waals surface area contributed by atoms with E-state index in [1.165, 1.54) is 12.1 Å². The number of nitrogens with zero attached hydrogens (tertiary/aromatic N) is 1. The van der Waals surface area contributed by atoms with Gasteiger partial charge < -0.3 is 16.2 Å². The number of nitrogen functional groups attached to an aromatic ring is 1. The fourth-order valence-electron chi connectivity index (χ4n) is 1.50. The topological polar surface area (TPSA) is 88.2 Å². The van der Waals surface area contributed by atoms with Gasteiger partial charge in [0.15, 0.2) is 0 Å². The molecule has 0 amide bonds. The zero-order chi connectivity index (χ0) is 16.7. The van der Waals surface area contributed by atoms with Crippen LogP contribution in [0.1, 0.15) is 12.5 Å². The van der Waals surface area contributed by atoms with Gasteiger partial charge >= 0.3 is 0 Å². The number of nitrogens with one attached hydrogen (secondary N) is 1. The minimum absolute atomic E-state index is 0.261. The summed E-state index contributed by atoms with van der Waals surface area (Å²) in [5.74, 6) is -1.71. The molecule has 0 bridgehead atoms. The van der Waals surface area contributed by atoms with Crippen molar-refractivity contribution in [1.29, 1.82) is 0 Å². The number of hydrogen-bond acceptors (Lipinski definition) is 4. The maximum Gasteiger partial charge on any atom is 0.300 e. The number of aliphatic carboxylic acids is 1. The molecule has 118 valence electrons. The predicted molar refractivity (Wildman–Crippen MR) is 83.3 cm³/mol. The van der Waals surface area contributed by atoms with Crippen molar-refractivity contribution in [3.8, 4) is 0 Å². The zero-order valence-corrected chi connectivity index (χ0v) is 13.2. The molecular formula is C14H14BrF2N3O2. The first-order valence-electron chi connectivity index (χ1n) is 6.07. The molecule has 5 nitrogen and oxygen atoms in total. The van der Waals surface area contributed by atoms with Crippen LogP contribution in [0.3, 0.4) is 0 Å². The number of carbonyl (C=O) groups is 1. The van der Waals surface area contributed by atoms with Gasteiger partial charge in [-0.05, 0) is 39.7 Å². The molecule has 0 aliphatic rings. The summed E-state index contributed by atoms with van der Waals surface area (Å²) >= 11 is 3.27. The Bertz CT molecular complexity index is 644. The maximum atomic E-state index is 13.0. The number of nitrogens with two attached hydrogens (primary N) is 1. The highest BCUT2D eigenvalue weighted by molar-refractivity contribution is 9.10. The molecule has 0 saturated heterocycles. The Labute approximate surface area is 134 Å². The van der Waals surface area contributed by atoms with Crippen molar-refractivity contribution in [3.05, 3.63) is 52.1 Å². The number of pyridine rings is 1. The third-order valence-electron chi connectivity index (χ3n) is 2.29. The van der Waals surface area contributed by atoms with Crippen LogP contribution in [-0.2, 0) is 11.3 Å². The first-order valence-corrected chi connectivity index (χ1v) is 6.86. The van der Waals surface area contributed by atoms with Crippen LogP contribution in [0.2, 0.25) is 0 Å². The fraction of sp³-hybridized carbons (Fsp3) is 0.143. The van der Waals surface area contributed by atoms with Crippen LogP contribution in [0, 0.1) is 11.6 Å². The summed E-state index contributed by atoms with van der Waals surface area (Å²) in [7, 11) is 0. The molecule has 2 rings (SSSR count). The van der Waals surface area contributed by atoms with Crippen molar-refractivity contribution in [2.45, 2.75) is 13.5 Å². The number of rotatable bonds is 3. The van der Waals surface area contributed by atoms with Gasteiger partial charge in [-0.1, -0.05) is 0 Å². The van der Waals surface area contributed by atoms with Gasteiger partial charge in [0.2, 0.25) is 0 Å². The monoisotopic (exact) mass is 373 g/mol. The van der Waals surface area contributed by atoms with Crippen molar-refractivity contribution in [2.24, 2.45) is 0 Å². The van der Waals surface area contributed by atoms with Crippen LogP contribution in [0.5, 0.6) is 0 Å². The molecule has 0 fully saturated rings. The molecule has 1 heterocycles. The summed E-state index contributed by atoms with van der Waals surface area (Å²) in [6, 6.07) is 5.10. The summed E-state index contributed by atoms with van der Waals surface area (Å²) in [4.78, 5) is 12.9. The van der Waals surface area contributed by atoms with Gasteiger partial charge in [-0.15, -0.1) is 0 Å². The van der Waals surface area contributed by atoms with E-state index in [2.05, 4.69) is 26.2 Å².